The zero-order valence-corrected chi connectivity index (χ0v) is 14.0. The highest BCUT2D eigenvalue weighted by atomic mass is 32.1. The molecule has 0 saturated carbocycles. The molecule has 0 bridgehead atoms. The molecule has 0 aliphatic heterocycles. The van der Waals surface area contributed by atoms with Gasteiger partial charge < -0.3 is 10.2 Å². The number of likely N-dealkylation sites (N-methyl/N-ethyl adjacent to an activating group) is 1. The second-order valence-electron chi connectivity index (χ2n) is 4.95. The van der Waals surface area contributed by atoms with Crippen molar-refractivity contribution < 1.29 is 0 Å². The average molecular weight is 318 g/mol. The molecule has 4 nitrogen and oxygen atoms in total. The first-order chi connectivity index (χ1) is 10.2. The molecule has 6 heteroatoms. The van der Waals surface area contributed by atoms with Gasteiger partial charge in [-0.15, -0.1) is 22.7 Å². The predicted octanol–water partition coefficient (Wildman–Crippen LogP) is 3.78. The van der Waals surface area contributed by atoms with Crippen molar-refractivity contribution in [2.45, 2.75) is 13.3 Å². The van der Waals surface area contributed by atoms with Crippen molar-refractivity contribution in [3.8, 4) is 0 Å². The average Bonchev–Trinajstić information content (AvgIpc) is 3.11. The summed E-state index contributed by atoms with van der Waals surface area (Å²) in [7, 11) is 3.96. The lowest BCUT2D eigenvalue weighted by molar-refractivity contribution is 0.872. The second-order valence-corrected chi connectivity index (χ2v) is 7.21. The van der Waals surface area contributed by atoms with E-state index in [-0.39, 0.29) is 0 Å². The summed E-state index contributed by atoms with van der Waals surface area (Å²) in [6, 6.07) is 6.46. The van der Waals surface area contributed by atoms with Crippen LogP contribution in [0, 0.1) is 6.92 Å². The van der Waals surface area contributed by atoms with Gasteiger partial charge in [0.05, 0.1) is 5.39 Å². The second kappa shape index (κ2) is 5.99. The predicted molar refractivity (Wildman–Crippen MR) is 93.0 cm³/mol. The van der Waals surface area contributed by atoms with Gasteiger partial charge in [0.2, 0.25) is 5.95 Å². The molecule has 0 atom stereocenters. The fourth-order valence-corrected chi connectivity index (χ4v) is 3.84. The molecule has 0 aliphatic rings. The molecule has 0 aliphatic carbocycles. The van der Waals surface area contributed by atoms with E-state index in [0.29, 0.717) is 5.95 Å². The molecule has 0 aromatic carbocycles. The number of hydrogen-bond donors (Lipinski definition) is 1. The Morgan fingerprint density at radius 2 is 2.19 bits per heavy atom. The van der Waals surface area contributed by atoms with Crippen molar-refractivity contribution in [1.82, 2.24) is 9.97 Å². The molecule has 3 rings (SSSR count). The molecule has 21 heavy (non-hydrogen) atoms. The number of thiophene rings is 2. The number of aryl methyl sites for hydroxylation is 1. The van der Waals surface area contributed by atoms with E-state index in [2.05, 4.69) is 57.7 Å². The van der Waals surface area contributed by atoms with Crippen LogP contribution in [0.25, 0.3) is 10.2 Å². The first kappa shape index (κ1) is 14.3. The molecule has 0 unspecified atom stereocenters. The maximum absolute atomic E-state index is 4.65. The quantitative estimate of drug-likeness (QED) is 0.777. The molecule has 1 N–H and O–H groups in total. The van der Waals surface area contributed by atoms with E-state index in [9.17, 15) is 0 Å². The van der Waals surface area contributed by atoms with Gasteiger partial charge in [0.25, 0.3) is 0 Å². The minimum absolute atomic E-state index is 0.683. The Morgan fingerprint density at radius 3 is 2.90 bits per heavy atom. The fraction of sp³-hybridized carbons (Fsp3) is 0.333. The Morgan fingerprint density at radius 1 is 1.33 bits per heavy atom. The van der Waals surface area contributed by atoms with E-state index < -0.39 is 0 Å². The topological polar surface area (TPSA) is 41.1 Å². The van der Waals surface area contributed by atoms with E-state index in [1.165, 1.54) is 9.75 Å². The number of hydrogen-bond acceptors (Lipinski definition) is 6. The van der Waals surface area contributed by atoms with E-state index in [4.69, 9.17) is 0 Å². The summed E-state index contributed by atoms with van der Waals surface area (Å²) in [6.45, 7) is 3.06. The van der Waals surface area contributed by atoms with Crippen LogP contribution in [0.1, 0.15) is 9.75 Å². The molecule has 3 aromatic heterocycles. The van der Waals surface area contributed by atoms with Crippen molar-refractivity contribution in [2.75, 3.05) is 30.9 Å². The molecular formula is C15H18N4S2. The summed E-state index contributed by atoms with van der Waals surface area (Å²) < 4.78 is 0. The third-order valence-corrected chi connectivity index (χ3v) is 5.24. The lowest BCUT2D eigenvalue weighted by atomic mass is 10.3. The van der Waals surface area contributed by atoms with Gasteiger partial charge in [-0.1, -0.05) is 6.07 Å². The molecule has 110 valence electrons. The highest BCUT2D eigenvalue weighted by Gasteiger charge is 2.13. The minimum Gasteiger partial charge on any atom is -0.359 e. The lowest BCUT2D eigenvalue weighted by Gasteiger charge is -2.19. The minimum atomic E-state index is 0.683. The molecular weight excluding hydrogens is 300 g/mol. The van der Waals surface area contributed by atoms with Crippen LogP contribution in [-0.2, 0) is 6.42 Å². The standard InChI is InChI=1S/C15H18N4S2/c1-10-9-12-13(17-15(16-2)18-14(12)21-10)19(3)7-6-11-5-4-8-20-11/h4-5,8-9H,6-7H2,1-3H3,(H,16,17,18). The van der Waals surface area contributed by atoms with Crippen LogP contribution in [0.2, 0.25) is 0 Å². The van der Waals surface area contributed by atoms with Crippen LogP contribution in [-0.4, -0.2) is 30.6 Å². The zero-order valence-electron chi connectivity index (χ0n) is 12.4. The smallest absolute Gasteiger partial charge is 0.225 e. The number of aromatic nitrogens is 2. The summed E-state index contributed by atoms with van der Waals surface area (Å²) >= 11 is 3.52. The van der Waals surface area contributed by atoms with Crippen LogP contribution in [0.3, 0.4) is 0 Å². The van der Waals surface area contributed by atoms with Gasteiger partial charge in [0.1, 0.15) is 10.6 Å². The van der Waals surface area contributed by atoms with Crippen LogP contribution < -0.4 is 10.2 Å². The van der Waals surface area contributed by atoms with Crippen molar-refractivity contribution >= 4 is 44.7 Å². The van der Waals surface area contributed by atoms with Crippen molar-refractivity contribution in [3.63, 3.8) is 0 Å². The number of nitrogens with zero attached hydrogens (tertiary/aromatic N) is 3. The van der Waals surface area contributed by atoms with Crippen molar-refractivity contribution in [3.05, 3.63) is 33.3 Å². The van der Waals surface area contributed by atoms with Crippen molar-refractivity contribution in [1.29, 1.82) is 0 Å². The van der Waals surface area contributed by atoms with E-state index in [0.717, 1.165) is 29.0 Å². The normalized spacial score (nSPS) is 11.0. The number of nitrogens with one attached hydrogen (secondary N) is 1. The van der Waals surface area contributed by atoms with Crippen LogP contribution in [0.15, 0.2) is 23.6 Å². The SMILES string of the molecule is CNc1nc(N(C)CCc2cccs2)c2cc(C)sc2n1. The fourth-order valence-electron chi connectivity index (χ4n) is 2.27. The summed E-state index contributed by atoms with van der Waals surface area (Å²) in [5.41, 5.74) is 0. The van der Waals surface area contributed by atoms with Gasteiger partial charge in [-0.3, -0.25) is 0 Å². The Labute approximate surface area is 132 Å². The molecule has 3 aromatic rings. The summed E-state index contributed by atoms with van der Waals surface area (Å²) in [5, 5.41) is 6.32. The van der Waals surface area contributed by atoms with Gasteiger partial charge >= 0.3 is 0 Å². The highest BCUT2D eigenvalue weighted by Crippen LogP contribution is 2.31. The maximum atomic E-state index is 4.65. The van der Waals surface area contributed by atoms with Gasteiger partial charge in [-0.25, -0.2) is 4.98 Å². The summed E-state index contributed by atoms with van der Waals surface area (Å²) in [6.07, 6.45) is 1.04. The molecule has 0 fully saturated rings. The van der Waals surface area contributed by atoms with Crippen molar-refractivity contribution in [2.24, 2.45) is 0 Å². The number of fused-ring (bicyclic) bond motifs is 1. The largest absolute Gasteiger partial charge is 0.359 e. The Balaban J connectivity index is 1.90. The number of rotatable bonds is 5. The van der Waals surface area contributed by atoms with Gasteiger partial charge in [0, 0.05) is 30.4 Å². The lowest BCUT2D eigenvalue weighted by Crippen LogP contribution is -2.21. The molecule has 0 amide bonds. The van der Waals surface area contributed by atoms with Crippen LogP contribution >= 0.6 is 22.7 Å². The molecule has 0 spiro atoms. The van der Waals surface area contributed by atoms with Gasteiger partial charge in [0.15, 0.2) is 0 Å². The molecule has 0 radical (unpaired) electrons. The third-order valence-electron chi connectivity index (χ3n) is 3.35. The number of anilines is 2. The van der Waals surface area contributed by atoms with E-state index in [1.807, 2.05) is 7.05 Å². The zero-order chi connectivity index (χ0) is 14.8. The first-order valence-corrected chi connectivity index (χ1v) is 8.56. The van der Waals surface area contributed by atoms with Crippen LogP contribution in [0.5, 0.6) is 0 Å². The van der Waals surface area contributed by atoms with E-state index >= 15 is 0 Å². The monoisotopic (exact) mass is 318 g/mol. The Kier molecular flexibility index (Phi) is 4.07. The van der Waals surface area contributed by atoms with E-state index in [1.54, 1.807) is 22.7 Å². The maximum Gasteiger partial charge on any atom is 0.225 e. The first-order valence-electron chi connectivity index (χ1n) is 6.87. The van der Waals surface area contributed by atoms with Gasteiger partial charge in [-0.05, 0) is 30.9 Å². The Bertz CT molecular complexity index is 734. The molecule has 3 heterocycles. The third kappa shape index (κ3) is 3.01. The Hall–Kier alpha value is -1.66. The summed E-state index contributed by atoms with van der Waals surface area (Å²) in [5.74, 6) is 1.69. The molecule has 0 saturated heterocycles. The highest BCUT2D eigenvalue weighted by molar-refractivity contribution is 7.18. The van der Waals surface area contributed by atoms with Gasteiger partial charge in [-0.2, -0.15) is 4.98 Å². The summed E-state index contributed by atoms with van der Waals surface area (Å²) in [4.78, 5) is 15.1. The van der Waals surface area contributed by atoms with Crippen LogP contribution in [0.4, 0.5) is 11.8 Å².